The van der Waals surface area contributed by atoms with Crippen molar-refractivity contribution in [1.82, 2.24) is 4.98 Å². The Kier molecular flexibility index (Phi) is 3.93. The maximum Gasteiger partial charge on any atom is 0.135 e. The number of pyridine rings is 1. The fraction of sp³-hybridized carbons (Fsp3) is 0.353. The van der Waals surface area contributed by atoms with Gasteiger partial charge in [0.15, 0.2) is 0 Å². The van der Waals surface area contributed by atoms with Crippen LogP contribution in [-0.2, 0) is 18.7 Å². The second-order valence-corrected chi connectivity index (χ2v) is 5.57. The minimum atomic E-state index is 0.410. The largest absolute Gasteiger partial charge is 0.457 e. The summed E-state index contributed by atoms with van der Waals surface area (Å²) in [6.45, 7) is 1.96. The van der Waals surface area contributed by atoms with Crippen LogP contribution in [0.3, 0.4) is 0 Å². The smallest absolute Gasteiger partial charge is 0.135 e. The van der Waals surface area contributed by atoms with Crippen molar-refractivity contribution in [1.29, 1.82) is 0 Å². The van der Waals surface area contributed by atoms with Gasteiger partial charge in [-0.25, -0.2) is 0 Å². The van der Waals surface area contributed by atoms with Crippen LogP contribution in [0.25, 0.3) is 0 Å². The summed E-state index contributed by atoms with van der Waals surface area (Å²) in [6.07, 6.45) is 6.71. The lowest BCUT2D eigenvalue weighted by Crippen LogP contribution is -2.02. The van der Waals surface area contributed by atoms with Crippen LogP contribution in [0.15, 0.2) is 30.5 Å². The predicted molar refractivity (Wildman–Crippen MR) is 81.7 cm³/mol. The number of rotatable bonds is 3. The minimum Gasteiger partial charge on any atom is -0.457 e. The highest BCUT2D eigenvalue weighted by Crippen LogP contribution is 2.30. The summed E-state index contributed by atoms with van der Waals surface area (Å²) < 4.78 is 6.02. The zero-order chi connectivity index (χ0) is 13.9. The summed E-state index contributed by atoms with van der Waals surface area (Å²) in [5.74, 6) is 2.11. The van der Waals surface area contributed by atoms with E-state index in [1.807, 2.05) is 13.0 Å². The number of aryl methyl sites for hydroxylation is 3. The van der Waals surface area contributed by atoms with Gasteiger partial charge in [-0.15, -0.1) is 11.6 Å². The SMILES string of the molecule is Cc1cc(Oc2ccc3c(c2)CCCC3)c(CCl)cn1. The summed E-state index contributed by atoms with van der Waals surface area (Å²) in [6, 6.07) is 8.36. The Morgan fingerprint density at radius 3 is 2.75 bits per heavy atom. The third-order valence-electron chi connectivity index (χ3n) is 3.77. The zero-order valence-electron chi connectivity index (χ0n) is 11.7. The molecule has 0 saturated heterocycles. The van der Waals surface area contributed by atoms with Gasteiger partial charge < -0.3 is 4.74 Å². The summed E-state index contributed by atoms with van der Waals surface area (Å²) in [7, 11) is 0. The molecular weight excluding hydrogens is 270 g/mol. The molecule has 1 heterocycles. The number of halogens is 1. The average Bonchev–Trinajstić information content (AvgIpc) is 2.47. The Morgan fingerprint density at radius 1 is 1.15 bits per heavy atom. The van der Waals surface area contributed by atoms with Gasteiger partial charge in [0.1, 0.15) is 11.5 Å². The number of fused-ring (bicyclic) bond motifs is 1. The molecule has 1 aromatic carbocycles. The van der Waals surface area contributed by atoms with E-state index in [-0.39, 0.29) is 0 Å². The zero-order valence-corrected chi connectivity index (χ0v) is 12.4. The van der Waals surface area contributed by atoms with E-state index in [4.69, 9.17) is 16.3 Å². The Balaban J connectivity index is 1.89. The molecule has 2 nitrogen and oxygen atoms in total. The normalized spacial score (nSPS) is 13.9. The van der Waals surface area contributed by atoms with E-state index in [0.29, 0.717) is 5.88 Å². The van der Waals surface area contributed by atoms with Crippen molar-refractivity contribution in [2.75, 3.05) is 0 Å². The van der Waals surface area contributed by atoms with Crippen molar-refractivity contribution < 1.29 is 4.74 Å². The topological polar surface area (TPSA) is 22.1 Å². The second kappa shape index (κ2) is 5.84. The molecule has 1 aromatic heterocycles. The standard InChI is InChI=1S/C17H18ClNO/c1-12-8-17(15(10-18)11-19-12)20-16-7-6-13-4-2-3-5-14(13)9-16/h6-9,11H,2-5,10H2,1H3. The van der Waals surface area contributed by atoms with Crippen molar-refractivity contribution in [2.24, 2.45) is 0 Å². The lowest BCUT2D eigenvalue weighted by atomic mass is 9.92. The van der Waals surface area contributed by atoms with E-state index < -0.39 is 0 Å². The third-order valence-corrected chi connectivity index (χ3v) is 4.06. The summed E-state index contributed by atoms with van der Waals surface area (Å²) >= 11 is 5.95. The van der Waals surface area contributed by atoms with Crippen LogP contribution in [-0.4, -0.2) is 4.98 Å². The van der Waals surface area contributed by atoms with Gasteiger partial charge in [0, 0.05) is 23.5 Å². The van der Waals surface area contributed by atoms with Gasteiger partial charge in [0.05, 0.1) is 5.88 Å². The van der Waals surface area contributed by atoms with Crippen molar-refractivity contribution in [3.05, 3.63) is 52.8 Å². The number of ether oxygens (including phenoxy) is 1. The maximum atomic E-state index is 6.02. The molecular formula is C17H18ClNO. The minimum absolute atomic E-state index is 0.410. The molecule has 0 amide bonds. The molecule has 0 aliphatic heterocycles. The molecule has 0 saturated carbocycles. The molecule has 0 radical (unpaired) electrons. The Hall–Kier alpha value is -1.54. The van der Waals surface area contributed by atoms with E-state index in [1.54, 1.807) is 6.20 Å². The van der Waals surface area contributed by atoms with Gasteiger partial charge in [-0.1, -0.05) is 6.07 Å². The molecule has 0 N–H and O–H groups in total. The van der Waals surface area contributed by atoms with Crippen LogP contribution >= 0.6 is 11.6 Å². The van der Waals surface area contributed by atoms with Gasteiger partial charge in [-0.05, 0) is 55.9 Å². The number of aromatic nitrogens is 1. The first-order valence-electron chi connectivity index (χ1n) is 7.07. The molecule has 1 aliphatic carbocycles. The van der Waals surface area contributed by atoms with Crippen LogP contribution in [0.5, 0.6) is 11.5 Å². The molecule has 20 heavy (non-hydrogen) atoms. The molecule has 3 rings (SSSR count). The van der Waals surface area contributed by atoms with E-state index >= 15 is 0 Å². The fourth-order valence-electron chi connectivity index (χ4n) is 2.66. The number of nitrogens with zero attached hydrogens (tertiary/aromatic N) is 1. The molecule has 0 bridgehead atoms. The summed E-state index contributed by atoms with van der Waals surface area (Å²) in [5.41, 5.74) is 4.75. The highest BCUT2D eigenvalue weighted by atomic mass is 35.5. The predicted octanol–water partition coefficient (Wildman–Crippen LogP) is 4.80. The first-order chi connectivity index (χ1) is 9.76. The molecule has 1 aliphatic rings. The molecule has 2 aromatic rings. The molecule has 0 atom stereocenters. The Labute approximate surface area is 124 Å². The second-order valence-electron chi connectivity index (χ2n) is 5.31. The van der Waals surface area contributed by atoms with E-state index in [1.165, 1.54) is 30.4 Å². The maximum absolute atomic E-state index is 6.02. The number of benzene rings is 1. The average molecular weight is 288 g/mol. The fourth-order valence-corrected chi connectivity index (χ4v) is 2.86. The number of hydrogen-bond donors (Lipinski definition) is 0. The molecule has 3 heteroatoms. The van der Waals surface area contributed by atoms with E-state index in [2.05, 4.69) is 23.2 Å². The first-order valence-corrected chi connectivity index (χ1v) is 7.61. The van der Waals surface area contributed by atoms with Crippen LogP contribution in [0.1, 0.15) is 35.2 Å². The lowest BCUT2D eigenvalue weighted by molar-refractivity contribution is 0.475. The van der Waals surface area contributed by atoms with Crippen molar-refractivity contribution in [3.8, 4) is 11.5 Å². The van der Waals surface area contributed by atoms with Gasteiger partial charge >= 0.3 is 0 Å². The monoisotopic (exact) mass is 287 g/mol. The summed E-state index contributed by atoms with van der Waals surface area (Å²) in [5, 5.41) is 0. The Bertz CT molecular complexity index is 624. The van der Waals surface area contributed by atoms with Crippen molar-refractivity contribution in [2.45, 2.75) is 38.5 Å². The molecule has 104 valence electrons. The van der Waals surface area contributed by atoms with Gasteiger partial charge in [0.25, 0.3) is 0 Å². The van der Waals surface area contributed by atoms with Gasteiger partial charge in [-0.2, -0.15) is 0 Å². The van der Waals surface area contributed by atoms with Crippen LogP contribution < -0.4 is 4.74 Å². The quantitative estimate of drug-likeness (QED) is 0.757. The highest BCUT2D eigenvalue weighted by Gasteiger charge is 2.11. The van der Waals surface area contributed by atoms with Crippen molar-refractivity contribution in [3.63, 3.8) is 0 Å². The summed E-state index contributed by atoms with van der Waals surface area (Å²) in [4.78, 5) is 4.26. The van der Waals surface area contributed by atoms with Crippen molar-refractivity contribution >= 4 is 11.6 Å². The number of alkyl halides is 1. The molecule has 0 fully saturated rings. The first kappa shape index (κ1) is 13.4. The van der Waals surface area contributed by atoms with Gasteiger partial charge in [0.2, 0.25) is 0 Å². The van der Waals surface area contributed by atoms with Crippen LogP contribution in [0.2, 0.25) is 0 Å². The van der Waals surface area contributed by atoms with Crippen LogP contribution in [0, 0.1) is 6.92 Å². The third kappa shape index (κ3) is 2.80. The van der Waals surface area contributed by atoms with Gasteiger partial charge in [-0.3, -0.25) is 4.98 Å². The number of hydrogen-bond acceptors (Lipinski definition) is 2. The van der Waals surface area contributed by atoms with E-state index in [9.17, 15) is 0 Å². The molecule has 0 spiro atoms. The van der Waals surface area contributed by atoms with Crippen LogP contribution in [0.4, 0.5) is 0 Å². The molecule has 0 unspecified atom stereocenters. The highest BCUT2D eigenvalue weighted by molar-refractivity contribution is 6.17. The lowest BCUT2D eigenvalue weighted by Gasteiger charge is -2.17. The Morgan fingerprint density at radius 2 is 1.95 bits per heavy atom. The van der Waals surface area contributed by atoms with E-state index in [0.717, 1.165) is 29.2 Å².